The van der Waals surface area contributed by atoms with Crippen LogP contribution in [0, 0.1) is 5.92 Å². The van der Waals surface area contributed by atoms with Crippen molar-refractivity contribution in [3.05, 3.63) is 84.4 Å². The highest BCUT2D eigenvalue weighted by Crippen LogP contribution is 2.28. The van der Waals surface area contributed by atoms with E-state index in [1.807, 2.05) is 26.8 Å². The van der Waals surface area contributed by atoms with Crippen LogP contribution in [0.15, 0.2) is 83.8 Å². The number of carbonyl (C=O) groups excluding carboxylic acids is 2. The first-order valence-electron chi connectivity index (χ1n) is 13.5. The van der Waals surface area contributed by atoms with Crippen LogP contribution >= 0.6 is 0 Å². The maximum absolute atomic E-state index is 14.1. The Morgan fingerprint density at radius 3 is 2.12 bits per heavy atom. The van der Waals surface area contributed by atoms with E-state index in [9.17, 15) is 18.0 Å². The maximum Gasteiger partial charge on any atom is 0.264 e. The maximum atomic E-state index is 14.1. The second kappa shape index (κ2) is 14.5. The molecule has 0 saturated heterocycles. The van der Waals surface area contributed by atoms with Gasteiger partial charge < -0.3 is 19.7 Å². The molecule has 0 heterocycles. The number of carbonyl (C=O) groups is 2. The summed E-state index contributed by atoms with van der Waals surface area (Å²) in [5, 5.41) is 2.93. The molecule has 0 aliphatic carbocycles. The van der Waals surface area contributed by atoms with E-state index in [1.165, 1.54) is 24.1 Å². The summed E-state index contributed by atoms with van der Waals surface area (Å²) in [5.41, 5.74) is 1.01. The zero-order valence-electron chi connectivity index (χ0n) is 24.2. The molecule has 10 heteroatoms. The summed E-state index contributed by atoms with van der Waals surface area (Å²) in [4.78, 5) is 28.9. The Morgan fingerprint density at radius 2 is 1.51 bits per heavy atom. The normalized spacial score (nSPS) is 12.0. The Labute approximate surface area is 243 Å². The average molecular weight is 582 g/mol. The van der Waals surface area contributed by atoms with Crippen LogP contribution in [0.1, 0.15) is 32.8 Å². The number of sulfonamides is 1. The van der Waals surface area contributed by atoms with Crippen molar-refractivity contribution in [2.24, 2.45) is 5.92 Å². The van der Waals surface area contributed by atoms with Gasteiger partial charge in [0.25, 0.3) is 10.0 Å². The largest absolute Gasteiger partial charge is 0.497 e. The second-order valence-electron chi connectivity index (χ2n) is 9.96. The molecule has 9 nitrogen and oxygen atoms in total. The van der Waals surface area contributed by atoms with Crippen LogP contribution in [0.3, 0.4) is 0 Å². The smallest absolute Gasteiger partial charge is 0.264 e. The molecule has 2 amide bonds. The van der Waals surface area contributed by atoms with Gasteiger partial charge in [-0.1, -0.05) is 57.2 Å². The van der Waals surface area contributed by atoms with Gasteiger partial charge in [0.2, 0.25) is 11.8 Å². The first kappa shape index (κ1) is 31.5. The van der Waals surface area contributed by atoms with Crippen molar-refractivity contribution in [1.29, 1.82) is 0 Å². The molecular weight excluding hydrogens is 542 g/mol. The minimum atomic E-state index is -4.16. The van der Waals surface area contributed by atoms with E-state index >= 15 is 0 Å². The molecule has 220 valence electrons. The molecule has 0 bridgehead atoms. The molecule has 3 aromatic carbocycles. The molecule has 1 N–H and O–H groups in total. The molecule has 3 aromatic rings. The molecule has 3 rings (SSSR count). The number of hydrogen-bond acceptors (Lipinski definition) is 6. The summed E-state index contributed by atoms with van der Waals surface area (Å²) in [6.45, 7) is 5.81. The van der Waals surface area contributed by atoms with E-state index in [0.29, 0.717) is 24.5 Å². The van der Waals surface area contributed by atoms with Gasteiger partial charge in [-0.3, -0.25) is 13.9 Å². The summed E-state index contributed by atoms with van der Waals surface area (Å²) in [5.74, 6) is 0.448. The number of anilines is 1. The van der Waals surface area contributed by atoms with Gasteiger partial charge in [0.1, 0.15) is 24.1 Å². The van der Waals surface area contributed by atoms with Crippen LogP contribution in [-0.4, -0.2) is 58.5 Å². The number of nitrogens with zero attached hydrogens (tertiary/aromatic N) is 2. The number of ether oxygens (including phenoxy) is 2. The van der Waals surface area contributed by atoms with E-state index in [4.69, 9.17) is 9.47 Å². The lowest BCUT2D eigenvalue weighted by Gasteiger charge is -2.33. The molecule has 0 radical (unpaired) electrons. The summed E-state index contributed by atoms with van der Waals surface area (Å²) < 4.78 is 39.5. The van der Waals surface area contributed by atoms with Gasteiger partial charge in [0.05, 0.1) is 24.8 Å². The van der Waals surface area contributed by atoms with Crippen LogP contribution in [0.4, 0.5) is 5.69 Å². The van der Waals surface area contributed by atoms with Gasteiger partial charge in [-0.25, -0.2) is 8.42 Å². The minimum Gasteiger partial charge on any atom is -0.497 e. The predicted molar refractivity (Wildman–Crippen MR) is 159 cm³/mol. The first-order valence-corrected chi connectivity index (χ1v) is 15.0. The van der Waals surface area contributed by atoms with E-state index in [1.54, 1.807) is 67.8 Å². The fraction of sp³-hybridized carbons (Fsp3) is 0.355. The topological polar surface area (TPSA) is 105 Å². The molecular formula is C31H39N3O6S. The molecule has 0 fully saturated rings. The number of hydrogen-bond donors (Lipinski definition) is 1. The highest BCUT2D eigenvalue weighted by molar-refractivity contribution is 7.92. The van der Waals surface area contributed by atoms with Crippen LogP contribution < -0.4 is 19.1 Å². The zero-order valence-corrected chi connectivity index (χ0v) is 25.1. The van der Waals surface area contributed by atoms with E-state index in [-0.39, 0.29) is 29.0 Å². The van der Waals surface area contributed by atoms with E-state index in [0.717, 1.165) is 9.87 Å². The molecule has 0 saturated carbocycles. The van der Waals surface area contributed by atoms with Crippen LogP contribution in [0.2, 0.25) is 0 Å². The zero-order chi connectivity index (χ0) is 30.0. The van der Waals surface area contributed by atoms with Crippen molar-refractivity contribution in [1.82, 2.24) is 10.2 Å². The monoisotopic (exact) mass is 581 g/mol. The molecule has 1 atom stereocenters. The minimum absolute atomic E-state index is 0.0386. The number of benzene rings is 3. The Bertz CT molecular complexity index is 1410. The third kappa shape index (κ3) is 8.23. The Morgan fingerprint density at radius 1 is 0.878 bits per heavy atom. The van der Waals surface area contributed by atoms with Gasteiger partial charge >= 0.3 is 0 Å². The Hall–Kier alpha value is -4.05. The lowest BCUT2D eigenvalue weighted by atomic mass is 10.1. The fourth-order valence-corrected chi connectivity index (χ4v) is 5.75. The standard InChI is InChI=1S/C31H39N3O6S/c1-6-29(31(36)32-20-23(2)3)33(21-24-12-10-14-26(18-24)39-4)30(35)22-34(25-13-11-15-27(19-25)40-5)41(37,38)28-16-8-7-9-17-28/h7-19,23,29H,6,20-22H2,1-5H3,(H,32,36)/t29-/m0/s1. The SMILES string of the molecule is CC[C@@H](C(=O)NCC(C)C)N(Cc1cccc(OC)c1)C(=O)CN(c1cccc(OC)c1)S(=O)(=O)c1ccccc1. The lowest BCUT2D eigenvalue weighted by Crippen LogP contribution is -2.52. The van der Waals surface area contributed by atoms with Crippen LogP contribution in [0.25, 0.3) is 0 Å². The molecule has 0 aromatic heterocycles. The quantitative estimate of drug-likeness (QED) is 0.301. The predicted octanol–water partition coefficient (Wildman–Crippen LogP) is 4.48. The number of methoxy groups -OCH3 is 2. The Balaban J connectivity index is 2.06. The first-order chi connectivity index (χ1) is 19.6. The van der Waals surface area contributed by atoms with Crippen molar-refractivity contribution in [2.75, 3.05) is 31.6 Å². The molecule has 0 spiro atoms. The summed E-state index contributed by atoms with van der Waals surface area (Å²) in [6, 6.07) is 20.9. The Kier molecular flexibility index (Phi) is 11.2. The van der Waals surface area contributed by atoms with Crippen molar-refractivity contribution in [2.45, 2.75) is 44.7 Å². The summed E-state index contributed by atoms with van der Waals surface area (Å²) in [6.07, 6.45) is 0.338. The van der Waals surface area contributed by atoms with Gasteiger partial charge in [0, 0.05) is 19.2 Å². The van der Waals surface area contributed by atoms with Crippen molar-refractivity contribution >= 4 is 27.5 Å². The van der Waals surface area contributed by atoms with Crippen molar-refractivity contribution in [3.63, 3.8) is 0 Å². The van der Waals surface area contributed by atoms with Gasteiger partial charge in [-0.2, -0.15) is 0 Å². The number of rotatable bonds is 14. The van der Waals surface area contributed by atoms with E-state index < -0.39 is 28.5 Å². The third-order valence-corrected chi connectivity index (χ3v) is 8.30. The molecule has 0 aliphatic rings. The van der Waals surface area contributed by atoms with Crippen molar-refractivity contribution < 1.29 is 27.5 Å². The van der Waals surface area contributed by atoms with Gasteiger partial charge in [-0.15, -0.1) is 0 Å². The van der Waals surface area contributed by atoms with Crippen LogP contribution in [0.5, 0.6) is 11.5 Å². The fourth-order valence-electron chi connectivity index (χ4n) is 4.32. The number of nitrogens with one attached hydrogen (secondary N) is 1. The number of amides is 2. The van der Waals surface area contributed by atoms with Gasteiger partial charge in [-0.05, 0) is 54.3 Å². The summed E-state index contributed by atoms with van der Waals surface area (Å²) >= 11 is 0. The second-order valence-corrected chi connectivity index (χ2v) is 11.8. The average Bonchev–Trinajstić information content (AvgIpc) is 2.99. The molecule has 41 heavy (non-hydrogen) atoms. The molecule has 0 unspecified atom stereocenters. The van der Waals surface area contributed by atoms with Gasteiger partial charge in [0.15, 0.2) is 0 Å². The van der Waals surface area contributed by atoms with E-state index in [2.05, 4.69) is 5.32 Å². The molecule has 0 aliphatic heterocycles. The highest BCUT2D eigenvalue weighted by Gasteiger charge is 2.33. The van der Waals surface area contributed by atoms with Crippen LogP contribution in [-0.2, 0) is 26.2 Å². The highest BCUT2D eigenvalue weighted by atomic mass is 32.2. The lowest BCUT2D eigenvalue weighted by molar-refractivity contribution is -0.140. The van der Waals surface area contributed by atoms with Crippen molar-refractivity contribution in [3.8, 4) is 11.5 Å². The summed E-state index contributed by atoms with van der Waals surface area (Å²) in [7, 11) is -1.12. The third-order valence-electron chi connectivity index (χ3n) is 6.51.